The minimum Gasteiger partial charge on any atom is -0.396 e. The van der Waals surface area contributed by atoms with Gasteiger partial charge in [0.2, 0.25) is 0 Å². The summed E-state index contributed by atoms with van der Waals surface area (Å²) in [4.78, 5) is 22.9. The summed E-state index contributed by atoms with van der Waals surface area (Å²) in [6.45, 7) is 0.998. The van der Waals surface area contributed by atoms with Crippen LogP contribution in [0.25, 0.3) is 9.53 Å². The lowest BCUT2D eigenvalue weighted by Crippen LogP contribution is -2.31. The molecule has 2 heterocycles. The molecule has 2 aromatic heterocycles. The van der Waals surface area contributed by atoms with Gasteiger partial charge < -0.3 is 14.9 Å². The van der Waals surface area contributed by atoms with Crippen LogP contribution in [-0.2, 0) is 6.54 Å². The first-order chi connectivity index (χ1) is 12.5. The number of anilines is 1. The normalized spacial score (nSPS) is 11.1. The second-order valence-electron chi connectivity index (χ2n) is 6.10. The summed E-state index contributed by atoms with van der Waals surface area (Å²) >= 11 is 9.04. The number of aromatic nitrogens is 1. The summed E-state index contributed by atoms with van der Waals surface area (Å²) in [5, 5.41) is 10.8. The molecular formula is C18H20ClN3O2S2. The second kappa shape index (κ2) is 8.35. The first kappa shape index (κ1) is 19.1. The quantitative estimate of drug-likeness (QED) is 0.638. The highest BCUT2D eigenvalue weighted by Crippen LogP contribution is 2.34. The molecule has 0 aliphatic rings. The average Bonchev–Trinajstić information content (AvgIpc) is 3.17. The molecule has 0 spiro atoms. The maximum Gasteiger partial charge on any atom is 0.264 e. The first-order valence-corrected chi connectivity index (χ1v) is 10.2. The molecule has 0 fully saturated rings. The van der Waals surface area contributed by atoms with Crippen molar-refractivity contribution in [2.24, 2.45) is 0 Å². The SMILES string of the molecule is CN(C)c1nc2sc(C(=O)N(CCCO)Cc3cccc(Cl)c3)cc2s1. The van der Waals surface area contributed by atoms with Gasteiger partial charge in [-0.25, -0.2) is 4.98 Å². The number of thiazole rings is 1. The largest absolute Gasteiger partial charge is 0.396 e. The summed E-state index contributed by atoms with van der Waals surface area (Å²) in [5.41, 5.74) is 0.968. The van der Waals surface area contributed by atoms with Gasteiger partial charge in [0, 0.05) is 38.8 Å². The molecule has 138 valence electrons. The Kier molecular flexibility index (Phi) is 6.13. The second-order valence-corrected chi connectivity index (χ2v) is 8.58. The van der Waals surface area contributed by atoms with Crippen molar-refractivity contribution >= 4 is 54.8 Å². The van der Waals surface area contributed by atoms with Crippen molar-refractivity contribution in [1.29, 1.82) is 0 Å². The molecular weight excluding hydrogens is 390 g/mol. The van der Waals surface area contributed by atoms with Crippen molar-refractivity contribution in [1.82, 2.24) is 9.88 Å². The standard InChI is InChI=1S/C18H20ClN3O2S2/c1-21(2)18-20-16-14(26-18)10-15(25-16)17(24)22(7-4-8-23)11-12-5-3-6-13(19)9-12/h3,5-6,9-10,23H,4,7-8,11H2,1-2H3. The Morgan fingerprint density at radius 3 is 2.73 bits per heavy atom. The first-order valence-electron chi connectivity index (χ1n) is 8.20. The number of thiophene rings is 1. The molecule has 1 aromatic carbocycles. The van der Waals surface area contributed by atoms with E-state index in [1.165, 1.54) is 11.3 Å². The van der Waals surface area contributed by atoms with Crippen molar-refractivity contribution in [3.05, 3.63) is 45.8 Å². The molecule has 1 amide bonds. The van der Waals surface area contributed by atoms with Crippen LogP contribution in [0.15, 0.2) is 30.3 Å². The minimum absolute atomic E-state index is 0.0416. The number of aliphatic hydroxyl groups is 1. The van der Waals surface area contributed by atoms with Gasteiger partial charge in [0.15, 0.2) is 5.13 Å². The molecule has 0 atom stereocenters. The van der Waals surface area contributed by atoms with Gasteiger partial charge in [-0.2, -0.15) is 0 Å². The Bertz CT molecular complexity index is 875. The number of rotatable bonds is 7. The summed E-state index contributed by atoms with van der Waals surface area (Å²) < 4.78 is 1.02. The van der Waals surface area contributed by atoms with E-state index in [1.54, 1.807) is 16.2 Å². The molecule has 1 N–H and O–H groups in total. The molecule has 26 heavy (non-hydrogen) atoms. The molecule has 5 nitrogen and oxygen atoms in total. The lowest BCUT2D eigenvalue weighted by Gasteiger charge is -2.22. The maximum absolute atomic E-state index is 13.0. The van der Waals surface area contributed by atoms with E-state index in [-0.39, 0.29) is 12.5 Å². The third-order valence-corrected chi connectivity index (χ3v) is 6.36. The average molecular weight is 410 g/mol. The van der Waals surface area contributed by atoms with Crippen molar-refractivity contribution in [2.75, 3.05) is 32.1 Å². The predicted octanol–water partition coefficient (Wildman–Crippen LogP) is 4.10. The Labute approximate surface area is 165 Å². The van der Waals surface area contributed by atoms with Crippen LogP contribution in [0.3, 0.4) is 0 Å². The van der Waals surface area contributed by atoms with E-state index >= 15 is 0 Å². The van der Waals surface area contributed by atoms with Gasteiger partial charge in [-0.1, -0.05) is 35.1 Å². The van der Waals surface area contributed by atoms with Crippen molar-refractivity contribution in [2.45, 2.75) is 13.0 Å². The van der Waals surface area contributed by atoms with Crippen molar-refractivity contribution < 1.29 is 9.90 Å². The summed E-state index contributed by atoms with van der Waals surface area (Å²) in [7, 11) is 3.91. The Balaban J connectivity index is 1.83. The minimum atomic E-state index is -0.0416. The van der Waals surface area contributed by atoms with Crippen LogP contribution in [0.1, 0.15) is 21.7 Å². The number of benzene rings is 1. The maximum atomic E-state index is 13.0. The zero-order chi connectivity index (χ0) is 18.7. The van der Waals surface area contributed by atoms with Crippen LogP contribution < -0.4 is 4.90 Å². The van der Waals surface area contributed by atoms with Gasteiger partial charge in [-0.15, -0.1) is 11.3 Å². The van der Waals surface area contributed by atoms with E-state index in [0.717, 1.165) is 20.2 Å². The van der Waals surface area contributed by atoms with Crippen LogP contribution in [0, 0.1) is 0 Å². The highest BCUT2D eigenvalue weighted by Gasteiger charge is 2.20. The summed E-state index contributed by atoms with van der Waals surface area (Å²) in [6.07, 6.45) is 0.537. The number of amides is 1. The third-order valence-electron chi connectivity index (χ3n) is 3.81. The fourth-order valence-corrected chi connectivity index (χ4v) is 4.86. The smallest absolute Gasteiger partial charge is 0.264 e. The van der Waals surface area contributed by atoms with Gasteiger partial charge in [-0.05, 0) is 30.2 Å². The molecule has 0 bridgehead atoms. The number of fused-ring (bicyclic) bond motifs is 1. The van der Waals surface area contributed by atoms with Gasteiger partial charge in [0.1, 0.15) is 4.83 Å². The Hall–Kier alpha value is -1.67. The molecule has 0 saturated heterocycles. The van der Waals surface area contributed by atoms with Gasteiger partial charge in [-0.3, -0.25) is 4.79 Å². The van der Waals surface area contributed by atoms with E-state index in [2.05, 4.69) is 4.98 Å². The fourth-order valence-electron chi connectivity index (χ4n) is 2.55. The Morgan fingerprint density at radius 2 is 2.08 bits per heavy atom. The molecule has 0 aliphatic carbocycles. The predicted molar refractivity (Wildman–Crippen MR) is 110 cm³/mol. The Morgan fingerprint density at radius 1 is 1.27 bits per heavy atom. The topological polar surface area (TPSA) is 56.7 Å². The number of nitrogens with zero attached hydrogens (tertiary/aromatic N) is 3. The molecule has 0 saturated carbocycles. The van der Waals surface area contributed by atoms with Crippen molar-refractivity contribution in [3.63, 3.8) is 0 Å². The summed E-state index contributed by atoms with van der Waals surface area (Å²) in [6, 6.07) is 9.41. The zero-order valence-corrected chi connectivity index (χ0v) is 17.0. The van der Waals surface area contributed by atoms with E-state index < -0.39 is 0 Å². The fraction of sp³-hybridized carbons (Fsp3) is 0.333. The number of aliphatic hydroxyl groups excluding tert-OH is 1. The van der Waals surface area contributed by atoms with E-state index in [4.69, 9.17) is 11.6 Å². The number of carbonyl (C=O) groups is 1. The summed E-state index contributed by atoms with van der Waals surface area (Å²) in [5.74, 6) is -0.0416. The van der Waals surface area contributed by atoms with Crippen molar-refractivity contribution in [3.8, 4) is 0 Å². The number of hydrogen-bond acceptors (Lipinski definition) is 6. The molecule has 0 radical (unpaired) electrons. The van der Waals surface area contributed by atoms with Gasteiger partial charge >= 0.3 is 0 Å². The lowest BCUT2D eigenvalue weighted by molar-refractivity contribution is 0.0737. The van der Waals surface area contributed by atoms with Crippen LogP contribution in [0.4, 0.5) is 5.13 Å². The lowest BCUT2D eigenvalue weighted by atomic mass is 10.2. The number of halogens is 1. The molecule has 0 unspecified atom stereocenters. The highest BCUT2D eigenvalue weighted by molar-refractivity contribution is 7.29. The van der Waals surface area contributed by atoms with E-state index in [0.29, 0.717) is 29.4 Å². The molecule has 3 rings (SSSR count). The van der Waals surface area contributed by atoms with Crippen LogP contribution in [0.2, 0.25) is 5.02 Å². The van der Waals surface area contributed by atoms with Crippen LogP contribution in [-0.4, -0.2) is 48.1 Å². The molecule has 3 aromatic rings. The highest BCUT2D eigenvalue weighted by atomic mass is 35.5. The number of hydrogen-bond donors (Lipinski definition) is 1. The third kappa shape index (κ3) is 4.35. The van der Waals surface area contributed by atoms with Crippen LogP contribution in [0.5, 0.6) is 0 Å². The van der Waals surface area contributed by atoms with E-state index in [1.807, 2.05) is 49.3 Å². The molecule has 0 aliphatic heterocycles. The zero-order valence-electron chi connectivity index (χ0n) is 14.6. The monoisotopic (exact) mass is 409 g/mol. The van der Waals surface area contributed by atoms with Crippen LogP contribution >= 0.6 is 34.3 Å². The van der Waals surface area contributed by atoms with E-state index in [9.17, 15) is 9.90 Å². The van der Waals surface area contributed by atoms with Gasteiger partial charge in [0.05, 0.1) is 9.58 Å². The molecule has 8 heteroatoms. The number of carbonyl (C=O) groups excluding carboxylic acids is 1. The van der Waals surface area contributed by atoms with Gasteiger partial charge in [0.25, 0.3) is 5.91 Å².